The molecule has 1 aromatic heterocycles. The van der Waals surface area contributed by atoms with Gasteiger partial charge in [0.05, 0.1) is 6.61 Å². The summed E-state index contributed by atoms with van der Waals surface area (Å²) < 4.78 is 32.7. The van der Waals surface area contributed by atoms with Crippen LogP contribution in [0.2, 0.25) is 0 Å². The Morgan fingerprint density at radius 3 is 2.33 bits per heavy atom. The number of carbonyl (C=O) groups excluding carboxylic acids is 1. The summed E-state index contributed by atoms with van der Waals surface area (Å²) in [6, 6.07) is 0. The number of aromatic nitrogens is 1. The van der Waals surface area contributed by atoms with Gasteiger partial charge in [0.15, 0.2) is 0 Å². The minimum absolute atomic E-state index is 0.118. The van der Waals surface area contributed by atoms with Crippen molar-refractivity contribution in [1.82, 2.24) is 9.71 Å². The lowest BCUT2D eigenvalue weighted by molar-refractivity contribution is 0.0519. The molecule has 0 fully saturated rings. The maximum Gasteiger partial charge on any atom is 0.355 e. The average Bonchev–Trinajstić information content (AvgIpc) is 2.64. The Morgan fingerprint density at radius 1 is 1.29 bits per heavy atom. The molecule has 0 saturated heterocycles. The molecule has 0 atom stereocenters. The maximum absolute atomic E-state index is 12.6. The molecule has 6 nitrogen and oxygen atoms in total. The first kappa shape index (κ1) is 17.7. The van der Waals surface area contributed by atoms with E-state index in [2.05, 4.69) is 9.71 Å². The highest BCUT2D eigenvalue weighted by Crippen LogP contribution is 2.25. The molecule has 0 amide bonds. The Hall–Kier alpha value is -1.34. The number of aromatic amines is 1. The molecule has 0 aliphatic heterocycles. The van der Waals surface area contributed by atoms with E-state index in [0.717, 1.165) is 0 Å². The van der Waals surface area contributed by atoms with Crippen molar-refractivity contribution in [2.24, 2.45) is 0 Å². The van der Waals surface area contributed by atoms with E-state index in [4.69, 9.17) is 4.74 Å². The standard InChI is InChI=1S/C14H24N2O4S/c1-7-14(5,6)16-21(18,19)12-9(3)11(15-10(12)4)13(17)20-8-2/h15-16H,7-8H2,1-6H3. The number of rotatable bonds is 6. The molecule has 2 N–H and O–H groups in total. The van der Waals surface area contributed by atoms with E-state index in [1.165, 1.54) is 0 Å². The van der Waals surface area contributed by atoms with Gasteiger partial charge < -0.3 is 9.72 Å². The number of H-pyrrole nitrogens is 1. The van der Waals surface area contributed by atoms with E-state index in [1.807, 2.05) is 20.8 Å². The van der Waals surface area contributed by atoms with Gasteiger partial charge in [-0.15, -0.1) is 0 Å². The molecular formula is C14H24N2O4S. The maximum atomic E-state index is 12.6. The van der Waals surface area contributed by atoms with Crippen molar-refractivity contribution in [2.45, 2.75) is 58.4 Å². The van der Waals surface area contributed by atoms with E-state index in [1.54, 1.807) is 20.8 Å². The molecule has 21 heavy (non-hydrogen) atoms. The van der Waals surface area contributed by atoms with Crippen molar-refractivity contribution in [1.29, 1.82) is 0 Å². The van der Waals surface area contributed by atoms with E-state index >= 15 is 0 Å². The summed E-state index contributed by atoms with van der Waals surface area (Å²) in [5.74, 6) is -0.547. The third-order valence-corrected chi connectivity index (χ3v) is 5.38. The van der Waals surface area contributed by atoms with Gasteiger partial charge in [-0.1, -0.05) is 6.92 Å². The van der Waals surface area contributed by atoms with Crippen molar-refractivity contribution in [3.8, 4) is 0 Å². The van der Waals surface area contributed by atoms with Crippen LogP contribution >= 0.6 is 0 Å². The number of sulfonamides is 1. The highest BCUT2D eigenvalue weighted by Gasteiger charge is 2.31. The van der Waals surface area contributed by atoms with Crippen LogP contribution in [0.3, 0.4) is 0 Å². The summed E-state index contributed by atoms with van der Waals surface area (Å²) in [5.41, 5.74) is 0.434. The number of hydrogen-bond acceptors (Lipinski definition) is 4. The number of hydrogen-bond donors (Lipinski definition) is 2. The summed E-state index contributed by atoms with van der Waals surface area (Å²) in [6.45, 7) is 10.7. The fraction of sp³-hybridized carbons (Fsp3) is 0.643. The lowest BCUT2D eigenvalue weighted by Gasteiger charge is -2.24. The van der Waals surface area contributed by atoms with Crippen LogP contribution in [0.1, 0.15) is 55.9 Å². The molecule has 0 bridgehead atoms. The van der Waals surface area contributed by atoms with E-state index in [-0.39, 0.29) is 17.2 Å². The number of nitrogens with one attached hydrogen (secondary N) is 2. The smallest absolute Gasteiger partial charge is 0.355 e. The van der Waals surface area contributed by atoms with Crippen LogP contribution < -0.4 is 4.72 Å². The zero-order valence-corrected chi connectivity index (χ0v) is 14.3. The van der Waals surface area contributed by atoms with Crippen LogP contribution in [0.5, 0.6) is 0 Å². The molecule has 0 aliphatic carbocycles. The molecular weight excluding hydrogens is 292 g/mol. The summed E-state index contributed by atoms with van der Waals surface area (Å²) in [4.78, 5) is 14.8. The largest absolute Gasteiger partial charge is 0.461 e. The van der Waals surface area contributed by atoms with Crippen LogP contribution in [0, 0.1) is 13.8 Å². The first-order valence-electron chi connectivity index (χ1n) is 6.96. The minimum Gasteiger partial charge on any atom is -0.461 e. The molecule has 120 valence electrons. The molecule has 0 aliphatic rings. The zero-order valence-electron chi connectivity index (χ0n) is 13.5. The Balaban J connectivity index is 3.29. The van der Waals surface area contributed by atoms with Gasteiger partial charge >= 0.3 is 5.97 Å². The van der Waals surface area contributed by atoms with Gasteiger partial charge in [0.2, 0.25) is 10.0 Å². The summed E-state index contributed by atoms with van der Waals surface area (Å²) >= 11 is 0. The van der Waals surface area contributed by atoms with Crippen molar-refractivity contribution >= 4 is 16.0 Å². The van der Waals surface area contributed by atoms with Crippen LogP contribution in [-0.4, -0.2) is 31.5 Å². The first-order chi connectivity index (χ1) is 9.55. The topological polar surface area (TPSA) is 88.3 Å². The van der Waals surface area contributed by atoms with Crippen molar-refractivity contribution in [3.63, 3.8) is 0 Å². The van der Waals surface area contributed by atoms with E-state index in [9.17, 15) is 13.2 Å². The molecule has 0 spiro atoms. The minimum atomic E-state index is -3.71. The van der Waals surface area contributed by atoms with E-state index in [0.29, 0.717) is 17.7 Å². The number of esters is 1. The number of ether oxygens (including phenoxy) is 1. The van der Waals surface area contributed by atoms with Gasteiger partial charge in [0.1, 0.15) is 10.6 Å². The molecule has 1 aromatic rings. The van der Waals surface area contributed by atoms with Crippen LogP contribution in [0.25, 0.3) is 0 Å². The highest BCUT2D eigenvalue weighted by molar-refractivity contribution is 7.89. The van der Waals surface area contributed by atoms with Gasteiger partial charge in [-0.3, -0.25) is 0 Å². The van der Waals surface area contributed by atoms with Crippen LogP contribution in [0.4, 0.5) is 0 Å². The van der Waals surface area contributed by atoms with Gasteiger partial charge in [-0.2, -0.15) is 0 Å². The Bertz CT molecular complexity index is 630. The second-order valence-corrected chi connectivity index (χ2v) is 7.26. The quantitative estimate of drug-likeness (QED) is 0.788. The number of aryl methyl sites for hydroxylation is 1. The zero-order chi connectivity index (χ0) is 16.4. The monoisotopic (exact) mass is 316 g/mol. The Labute approximate surface area is 126 Å². The predicted octanol–water partition coefficient (Wildman–Crippen LogP) is 2.28. The SMILES string of the molecule is CCOC(=O)c1[nH]c(C)c(S(=O)(=O)NC(C)(C)CC)c1C. The predicted molar refractivity (Wildman–Crippen MR) is 80.9 cm³/mol. The van der Waals surface area contributed by atoms with E-state index < -0.39 is 21.5 Å². The van der Waals surface area contributed by atoms with Crippen molar-refractivity contribution in [3.05, 3.63) is 17.0 Å². The molecule has 7 heteroatoms. The van der Waals surface area contributed by atoms with Crippen molar-refractivity contribution < 1.29 is 17.9 Å². The lowest BCUT2D eigenvalue weighted by Crippen LogP contribution is -2.42. The second-order valence-electron chi connectivity index (χ2n) is 5.64. The molecule has 1 heterocycles. The van der Waals surface area contributed by atoms with Crippen molar-refractivity contribution in [2.75, 3.05) is 6.61 Å². The molecule has 1 rings (SSSR count). The highest BCUT2D eigenvalue weighted by atomic mass is 32.2. The fourth-order valence-corrected chi connectivity index (χ4v) is 3.96. The fourth-order valence-electron chi connectivity index (χ4n) is 2.03. The molecule has 0 radical (unpaired) electrons. The third kappa shape index (κ3) is 3.85. The second kappa shape index (κ2) is 6.19. The molecule has 0 saturated carbocycles. The number of carbonyl (C=O) groups is 1. The molecule has 0 unspecified atom stereocenters. The summed E-state index contributed by atoms with van der Waals surface area (Å²) in [5, 5.41) is 0. The van der Waals surface area contributed by atoms with Gasteiger partial charge in [0.25, 0.3) is 0 Å². The van der Waals surface area contributed by atoms with Gasteiger partial charge in [0, 0.05) is 16.8 Å². The average molecular weight is 316 g/mol. The van der Waals surface area contributed by atoms with Gasteiger partial charge in [-0.25, -0.2) is 17.9 Å². The molecule has 0 aromatic carbocycles. The Morgan fingerprint density at radius 2 is 1.86 bits per heavy atom. The van der Waals surface area contributed by atoms with Crippen LogP contribution in [0.15, 0.2) is 4.90 Å². The third-order valence-electron chi connectivity index (χ3n) is 3.41. The summed E-state index contributed by atoms with van der Waals surface area (Å²) in [6.07, 6.45) is 0.652. The Kier molecular flexibility index (Phi) is 5.22. The normalized spacial score (nSPS) is 12.5. The first-order valence-corrected chi connectivity index (χ1v) is 8.44. The summed E-state index contributed by atoms with van der Waals surface area (Å²) in [7, 11) is -3.71. The lowest BCUT2D eigenvalue weighted by atomic mass is 10.0. The van der Waals surface area contributed by atoms with Gasteiger partial charge in [-0.05, 0) is 41.0 Å². The van der Waals surface area contributed by atoms with Crippen LogP contribution in [-0.2, 0) is 14.8 Å².